The Balaban J connectivity index is 2.03. The monoisotopic (exact) mass is 223 g/mol. The zero-order valence-electron chi connectivity index (χ0n) is 9.59. The number of halogens is 1. The van der Waals surface area contributed by atoms with Gasteiger partial charge in [-0.3, -0.25) is 4.90 Å². The molecule has 2 rings (SSSR count). The summed E-state index contributed by atoms with van der Waals surface area (Å²) in [4.78, 5) is 2.38. The van der Waals surface area contributed by atoms with Crippen LogP contribution in [0.15, 0.2) is 18.2 Å². The molecule has 1 heterocycles. The summed E-state index contributed by atoms with van der Waals surface area (Å²) in [5.41, 5.74) is 1.74. The van der Waals surface area contributed by atoms with Gasteiger partial charge in [0.2, 0.25) is 0 Å². The zero-order valence-corrected chi connectivity index (χ0v) is 9.59. The van der Waals surface area contributed by atoms with Crippen LogP contribution in [-0.2, 0) is 6.54 Å². The van der Waals surface area contributed by atoms with E-state index in [0.29, 0.717) is 5.69 Å². The summed E-state index contributed by atoms with van der Waals surface area (Å²) in [6.07, 6.45) is 0. The Morgan fingerprint density at radius 3 is 2.81 bits per heavy atom. The molecule has 0 unspecified atom stereocenters. The zero-order chi connectivity index (χ0) is 11.4. The molecule has 1 saturated heterocycles. The molecule has 0 aliphatic carbocycles. The molecule has 0 atom stereocenters. The Labute approximate surface area is 95.6 Å². The predicted molar refractivity (Wildman–Crippen MR) is 64.1 cm³/mol. The minimum Gasteiger partial charge on any atom is -0.386 e. The van der Waals surface area contributed by atoms with E-state index in [-0.39, 0.29) is 5.82 Å². The third-order valence-corrected chi connectivity index (χ3v) is 2.92. The number of hydrogen-bond donors (Lipinski definition) is 2. The minimum absolute atomic E-state index is 0.188. The van der Waals surface area contributed by atoms with E-state index in [0.717, 1.165) is 38.3 Å². The SMILES string of the molecule is CNc1cc(CN2CCNCC2)ccc1F. The fraction of sp³-hybridized carbons (Fsp3) is 0.500. The van der Waals surface area contributed by atoms with Crippen LogP contribution in [0.5, 0.6) is 0 Å². The highest BCUT2D eigenvalue weighted by Gasteiger charge is 2.10. The molecule has 1 aliphatic heterocycles. The molecule has 88 valence electrons. The molecule has 0 radical (unpaired) electrons. The molecular formula is C12H18FN3. The number of benzene rings is 1. The highest BCUT2D eigenvalue weighted by atomic mass is 19.1. The van der Waals surface area contributed by atoms with E-state index in [1.54, 1.807) is 7.05 Å². The lowest BCUT2D eigenvalue weighted by Crippen LogP contribution is -2.42. The van der Waals surface area contributed by atoms with Crippen LogP contribution in [0.3, 0.4) is 0 Å². The molecule has 2 N–H and O–H groups in total. The fourth-order valence-corrected chi connectivity index (χ4v) is 1.99. The van der Waals surface area contributed by atoms with Gasteiger partial charge in [0.05, 0.1) is 5.69 Å². The van der Waals surface area contributed by atoms with Crippen molar-refractivity contribution in [2.24, 2.45) is 0 Å². The van der Waals surface area contributed by atoms with Gasteiger partial charge in [0.25, 0.3) is 0 Å². The summed E-state index contributed by atoms with van der Waals surface area (Å²) in [6.45, 7) is 5.11. The highest BCUT2D eigenvalue weighted by Crippen LogP contribution is 2.16. The number of hydrogen-bond acceptors (Lipinski definition) is 3. The summed E-state index contributed by atoms with van der Waals surface area (Å²) in [5, 5.41) is 6.19. The van der Waals surface area contributed by atoms with Crippen molar-refractivity contribution in [3.8, 4) is 0 Å². The highest BCUT2D eigenvalue weighted by molar-refractivity contribution is 5.46. The lowest BCUT2D eigenvalue weighted by Gasteiger charge is -2.27. The van der Waals surface area contributed by atoms with Crippen molar-refractivity contribution in [3.63, 3.8) is 0 Å². The predicted octanol–water partition coefficient (Wildman–Crippen LogP) is 1.27. The van der Waals surface area contributed by atoms with Crippen molar-refractivity contribution in [1.29, 1.82) is 0 Å². The van der Waals surface area contributed by atoms with Gasteiger partial charge in [-0.25, -0.2) is 4.39 Å². The Morgan fingerprint density at radius 2 is 2.12 bits per heavy atom. The summed E-state index contributed by atoms with van der Waals surface area (Å²) < 4.78 is 13.3. The standard InChI is InChI=1S/C12H18FN3/c1-14-12-8-10(2-3-11(12)13)9-16-6-4-15-5-7-16/h2-3,8,14-15H,4-7,9H2,1H3. The largest absolute Gasteiger partial charge is 0.386 e. The first-order valence-electron chi connectivity index (χ1n) is 5.69. The van der Waals surface area contributed by atoms with Crippen LogP contribution < -0.4 is 10.6 Å². The van der Waals surface area contributed by atoms with E-state index in [9.17, 15) is 4.39 Å². The second-order valence-electron chi connectivity index (χ2n) is 4.09. The van der Waals surface area contributed by atoms with Crippen molar-refractivity contribution in [2.45, 2.75) is 6.54 Å². The molecule has 0 saturated carbocycles. The molecule has 0 spiro atoms. The first-order valence-corrected chi connectivity index (χ1v) is 5.69. The average Bonchev–Trinajstić information content (AvgIpc) is 2.33. The Bertz CT molecular complexity index is 348. The van der Waals surface area contributed by atoms with E-state index in [2.05, 4.69) is 15.5 Å². The molecule has 1 fully saturated rings. The molecule has 1 aromatic carbocycles. The van der Waals surface area contributed by atoms with Gasteiger partial charge in [0.15, 0.2) is 0 Å². The molecule has 3 nitrogen and oxygen atoms in total. The first-order chi connectivity index (χ1) is 7.79. The van der Waals surface area contributed by atoms with Gasteiger partial charge in [0.1, 0.15) is 5.82 Å². The van der Waals surface area contributed by atoms with E-state index in [4.69, 9.17) is 0 Å². The Kier molecular flexibility index (Phi) is 3.74. The van der Waals surface area contributed by atoms with E-state index < -0.39 is 0 Å². The molecule has 1 aromatic rings. The lowest BCUT2D eigenvalue weighted by molar-refractivity contribution is 0.233. The Morgan fingerprint density at radius 1 is 1.38 bits per heavy atom. The summed E-state index contributed by atoms with van der Waals surface area (Å²) in [6, 6.07) is 5.28. The maximum Gasteiger partial charge on any atom is 0.146 e. The third-order valence-electron chi connectivity index (χ3n) is 2.92. The van der Waals surface area contributed by atoms with Crippen LogP contribution >= 0.6 is 0 Å². The van der Waals surface area contributed by atoms with Gasteiger partial charge in [-0.05, 0) is 17.7 Å². The number of nitrogens with zero attached hydrogens (tertiary/aromatic N) is 1. The van der Waals surface area contributed by atoms with Crippen molar-refractivity contribution in [3.05, 3.63) is 29.6 Å². The smallest absolute Gasteiger partial charge is 0.146 e. The topological polar surface area (TPSA) is 27.3 Å². The van der Waals surface area contributed by atoms with Gasteiger partial charge >= 0.3 is 0 Å². The molecular weight excluding hydrogens is 205 g/mol. The quantitative estimate of drug-likeness (QED) is 0.808. The van der Waals surface area contributed by atoms with Crippen molar-refractivity contribution >= 4 is 5.69 Å². The normalized spacial score (nSPS) is 17.4. The number of nitrogens with one attached hydrogen (secondary N) is 2. The molecule has 1 aliphatic rings. The van der Waals surface area contributed by atoms with E-state index in [1.165, 1.54) is 6.07 Å². The lowest BCUT2D eigenvalue weighted by atomic mass is 10.1. The Hall–Kier alpha value is -1.13. The van der Waals surface area contributed by atoms with E-state index in [1.807, 2.05) is 12.1 Å². The molecule has 0 aromatic heterocycles. The van der Waals surface area contributed by atoms with Gasteiger partial charge in [-0.1, -0.05) is 6.07 Å². The molecule has 4 heteroatoms. The second-order valence-corrected chi connectivity index (χ2v) is 4.09. The van der Waals surface area contributed by atoms with Gasteiger partial charge in [-0.15, -0.1) is 0 Å². The van der Waals surface area contributed by atoms with Crippen molar-refractivity contribution < 1.29 is 4.39 Å². The van der Waals surface area contributed by atoms with Crippen LogP contribution in [0.1, 0.15) is 5.56 Å². The first kappa shape index (κ1) is 11.4. The van der Waals surface area contributed by atoms with Crippen LogP contribution in [0.25, 0.3) is 0 Å². The number of piperazine rings is 1. The van der Waals surface area contributed by atoms with Crippen LogP contribution in [0.4, 0.5) is 10.1 Å². The van der Waals surface area contributed by atoms with Gasteiger partial charge in [0, 0.05) is 39.8 Å². The summed E-state index contributed by atoms with van der Waals surface area (Å²) in [5.74, 6) is -0.188. The molecule has 16 heavy (non-hydrogen) atoms. The van der Waals surface area contributed by atoms with Crippen LogP contribution in [0, 0.1) is 5.82 Å². The second kappa shape index (κ2) is 5.27. The van der Waals surface area contributed by atoms with E-state index >= 15 is 0 Å². The third kappa shape index (κ3) is 2.71. The van der Waals surface area contributed by atoms with Gasteiger partial charge < -0.3 is 10.6 Å². The van der Waals surface area contributed by atoms with Crippen molar-refractivity contribution in [2.75, 3.05) is 38.5 Å². The number of rotatable bonds is 3. The summed E-state index contributed by atoms with van der Waals surface area (Å²) in [7, 11) is 1.74. The van der Waals surface area contributed by atoms with Gasteiger partial charge in [-0.2, -0.15) is 0 Å². The number of anilines is 1. The minimum atomic E-state index is -0.188. The maximum absolute atomic E-state index is 13.3. The molecule has 0 amide bonds. The maximum atomic E-state index is 13.3. The average molecular weight is 223 g/mol. The van der Waals surface area contributed by atoms with Crippen LogP contribution in [0.2, 0.25) is 0 Å². The van der Waals surface area contributed by atoms with Crippen LogP contribution in [-0.4, -0.2) is 38.1 Å². The van der Waals surface area contributed by atoms with Crippen molar-refractivity contribution in [1.82, 2.24) is 10.2 Å². The fourth-order valence-electron chi connectivity index (χ4n) is 1.99. The molecule has 0 bridgehead atoms. The summed E-state index contributed by atoms with van der Waals surface area (Å²) >= 11 is 0.